The van der Waals surface area contributed by atoms with Crippen LogP contribution in [0, 0.1) is 6.92 Å². The summed E-state index contributed by atoms with van der Waals surface area (Å²) in [5, 5.41) is 0. The van der Waals surface area contributed by atoms with Gasteiger partial charge in [-0.15, -0.1) is 0 Å². The fourth-order valence-corrected chi connectivity index (χ4v) is 2.57. The number of methoxy groups -OCH3 is 2. The number of hydrogen-bond acceptors (Lipinski definition) is 4. The predicted octanol–water partition coefficient (Wildman–Crippen LogP) is 2.24. The second-order valence-corrected chi connectivity index (χ2v) is 5.07. The summed E-state index contributed by atoms with van der Waals surface area (Å²) in [6.07, 6.45) is 0. The molecule has 2 rings (SSSR count). The number of benzene rings is 1. The number of aryl methyl sites for hydroxylation is 1. The molecule has 0 saturated carbocycles. The van der Waals surface area contributed by atoms with Gasteiger partial charge in [-0.05, 0) is 44.2 Å². The molecule has 0 amide bonds. The molecule has 1 aromatic carbocycles. The van der Waals surface area contributed by atoms with Gasteiger partial charge in [0.25, 0.3) is 5.56 Å². The first kappa shape index (κ1) is 16.1. The van der Waals surface area contributed by atoms with Gasteiger partial charge >= 0.3 is 0 Å². The Kier molecular flexibility index (Phi) is 4.88. The van der Waals surface area contributed by atoms with E-state index in [0.29, 0.717) is 23.6 Å². The number of pyridine rings is 1. The molecule has 1 aromatic heterocycles. The van der Waals surface area contributed by atoms with Crippen LogP contribution in [0.15, 0.2) is 35.1 Å². The van der Waals surface area contributed by atoms with Crippen LogP contribution < -0.4 is 20.8 Å². The smallest absolute Gasteiger partial charge is 0.255 e. The summed E-state index contributed by atoms with van der Waals surface area (Å²) >= 11 is 0. The summed E-state index contributed by atoms with van der Waals surface area (Å²) in [7, 11) is 3.17. The van der Waals surface area contributed by atoms with E-state index in [0.717, 1.165) is 11.3 Å². The van der Waals surface area contributed by atoms with Crippen molar-refractivity contribution in [1.29, 1.82) is 0 Å². The topological polar surface area (TPSA) is 66.5 Å². The lowest BCUT2D eigenvalue weighted by atomic mass is 9.99. The largest absolute Gasteiger partial charge is 0.497 e. The van der Waals surface area contributed by atoms with Crippen LogP contribution >= 0.6 is 0 Å². The van der Waals surface area contributed by atoms with Crippen molar-refractivity contribution in [1.82, 2.24) is 4.57 Å². The van der Waals surface area contributed by atoms with Crippen molar-refractivity contribution in [3.05, 3.63) is 57.5 Å². The third-order valence-electron chi connectivity index (χ3n) is 3.85. The molecule has 1 heterocycles. The quantitative estimate of drug-likeness (QED) is 0.920. The van der Waals surface area contributed by atoms with Crippen LogP contribution in [0.5, 0.6) is 11.5 Å². The maximum atomic E-state index is 12.6. The van der Waals surface area contributed by atoms with Crippen LogP contribution in [0.2, 0.25) is 0 Å². The lowest BCUT2D eigenvalue weighted by Gasteiger charge is -2.18. The van der Waals surface area contributed by atoms with E-state index in [1.165, 1.54) is 0 Å². The lowest BCUT2D eigenvalue weighted by molar-refractivity contribution is 0.397. The van der Waals surface area contributed by atoms with Crippen molar-refractivity contribution < 1.29 is 9.47 Å². The molecule has 22 heavy (non-hydrogen) atoms. The van der Waals surface area contributed by atoms with Gasteiger partial charge in [0, 0.05) is 23.4 Å². The molecule has 0 fully saturated rings. The first-order valence-corrected chi connectivity index (χ1v) is 7.21. The Morgan fingerprint density at radius 2 is 1.86 bits per heavy atom. The minimum atomic E-state index is -0.573. The number of nitrogens with zero attached hydrogens (tertiary/aromatic N) is 1. The van der Waals surface area contributed by atoms with Gasteiger partial charge in [0.2, 0.25) is 0 Å². The number of nitrogens with two attached hydrogens (primary N) is 1. The normalized spacial score (nSPS) is 12.0. The Labute approximate surface area is 130 Å². The van der Waals surface area contributed by atoms with Crippen LogP contribution in [0.4, 0.5) is 0 Å². The van der Waals surface area contributed by atoms with Crippen molar-refractivity contribution in [2.75, 3.05) is 14.2 Å². The Balaban J connectivity index is 2.57. The second kappa shape index (κ2) is 6.66. The van der Waals surface area contributed by atoms with E-state index < -0.39 is 6.04 Å². The van der Waals surface area contributed by atoms with Crippen LogP contribution in [-0.4, -0.2) is 18.8 Å². The van der Waals surface area contributed by atoms with E-state index in [4.69, 9.17) is 15.2 Å². The average Bonchev–Trinajstić information content (AvgIpc) is 2.54. The maximum absolute atomic E-state index is 12.6. The summed E-state index contributed by atoms with van der Waals surface area (Å²) in [6.45, 7) is 4.46. The third kappa shape index (κ3) is 2.85. The van der Waals surface area contributed by atoms with Crippen LogP contribution in [0.1, 0.15) is 29.8 Å². The zero-order valence-electron chi connectivity index (χ0n) is 13.4. The van der Waals surface area contributed by atoms with Gasteiger partial charge in [-0.1, -0.05) is 0 Å². The fraction of sp³-hybridized carbons (Fsp3) is 0.353. The van der Waals surface area contributed by atoms with E-state index in [9.17, 15) is 4.79 Å². The summed E-state index contributed by atoms with van der Waals surface area (Å²) in [5.41, 5.74) is 8.46. The summed E-state index contributed by atoms with van der Waals surface area (Å²) in [5.74, 6) is 1.31. The summed E-state index contributed by atoms with van der Waals surface area (Å²) in [4.78, 5) is 12.6. The van der Waals surface area contributed by atoms with E-state index in [-0.39, 0.29) is 5.56 Å². The Morgan fingerprint density at radius 3 is 2.45 bits per heavy atom. The molecule has 1 atom stereocenters. The molecule has 5 nitrogen and oxygen atoms in total. The summed E-state index contributed by atoms with van der Waals surface area (Å²) in [6, 6.07) is 8.52. The van der Waals surface area contributed by atoms with Gasteiger partial charge in [0.1, 0.15) is 11.5 Å². The molecular weight excluding hydrogens is 280 g/mol. The molecular formula is C17H22N2O3. The zero-order chi connectivity index (χ0) is 16.3. The Morgan fingerprint density at radius 1 is 1.14 bits per heavy atom. The molecule has 118 valence electrons. The number of aromatic nitrogens is 1. The minimum Gasteiger partial charge on any atom is -0.497 e. The second-order valence-electron chi connectivity index (χ2n) is 5.07. The third-order valence-corrected chi connectivity index (χ3v) is 3.85. The van der Waals surface area contributed by atoms with Gasteiger partial charge in [-0.2, -0.15) is 0 Å². The van der Waals surface area contributed by atoms with Crippen LogP contribution in [-0.2, 0) is 6.54 Å². The van der Waals surface area contributed by atoms with Crippen molar-refractivity contribution in [3.8, 4) is 11.5 Å². The highest BCUT2D eigenvalue weighted by Crippen LogP contribution is 2.30. The molecule has 1 unspecified atom stereocenters. The number of hydrogen-bond donors (Lipinski definition) is 1. The molecule has 0 radical (unpaired) electrons. The van der Waals surface area contributed by atoms with Crippen LogP contribution in [0.3, 0.4) is 0 Å². The molecule has 5 heteroatoms. The molecule has 2 aromatic rings. The summed E-state index contributed by atoms with van der Waals surface area (Å²) < 4.78 is 12.3. The van der Waals surface area contributed by atoms with E-state index in [2.05, 4.69) is 0 Å². The fourth-order valence-electron chi connectivity index (χ4n) is 2.57. The molecule has 0 aliphatic carbocycles. The first-order valence-electron chi connectivity index (χ1n) is 7.21. The maximum Gasteiger partial charge on any atom is 0.255 e. The SMILES string of the molecule is CCn1c(C)ccc(C(N)c2cc(OC)ccc2OC)c1=O. The molecule has 0 bridgehead atoms. The Hall–Kier alpha value is -2.27. The monoisotopic (exact) mass is 302 g/mol. The van der Waals surface area contributed by atoms with Crippen molar-refractivity contribution in [2.24, 2.45) is 5.73 Å². The van der Waals surface area contributed by atoms with E-state index >= 15 is 0 Å². The molecule has 0 spiro atoms. The molecule has 0 aliphatic heterocycles. The molecule has 0 saturated heterocycles. The highest BCUT2D eigenvalue weighted by molar-refractivity contribution is 5.45. The highest BCUT2D eigenvalue weighted by atomic mass is 16.5. The zero-order valence-corrected chi connectivity index (χ0v) is 13.4. The standard InChI is InChI=1S/C17H22N2O3/c1-5-19-11(2)6-8-13(17(19)20)16(18)14-10-12(21-3)7-9-15(14)22-4/h6-10,16H,5,18H2,1-4H3. The Bertz CT molecular complexity index is 722. The number of rotatable bonds is 5. The molecule has 2 N–H and O–H groups in total. The van der Waals surface area contributed by atoms with Gasteiger partial charge in [-0.25, -0.2) is 0 Å². The first-order chi connectivity index (χ1) is 10.5. The minimum absolute atomic E-state index is 0.0696. The van der Waals surface area contributed by atoms with Gasteiger partial charge in [0.05, 0.1) is 20.3 Å². The van der Waals surface area contributed by atoms with Crippen molar-refractivity contribution >= 4 is 0 Å². The lowest BCUT2D eigenvalue weighted by Crippen LogP contribution is -2.29. The van der Waals surface area contributed by atoms with Crippen LogP contribution in [0.25, 0.3) is 0 Å². The van der Waals surface area contributed by atoms with E-state index in [1.54, 1.807) is 43.1 Å². The van der Waals surface area contributed by atoms with Gasteiger partial charge in [-0.3, -0.25) is 4.79 Å². The average molecular weight is 302 g/mol. The highest BCUT2D eigenvalue weighted by Gasteiger charge is 2.19. The van der Waals surface area contributed by atoms with Gasteiger partial charge in [0.15, 0.2) is 0 Å². The van der Waals surface area contributed by atoms with Crippen molar-refractivity contribution in [3.63, 3.8) is 0 Å². The molecule has 0 aliphatic rings. The predicted molar refractivity (Wildman–Crippen MR) is 86.7 cm³/mol. The number of ether oxygens (including phenoxy) is 2. The van der Waals surface area contributed by atoms with Gasteiger partial charge < -0.3 is 19.8 Å². The van der Waals surface area contributed by atoms with E-state index in [1.807, 2.05) is 19.9 Å². The van der Waals surface area contributed by atoms with Crippen molar-refractivity contribution in [2.45, 2.75) is 26.4 Å².